The Balaban J connectivity index is 2.03. The number of fused-ring (bicyclic) bond motifs is 1. The fourth-order valence-corrected chi connectivity index (χ4v) is 3.66. The first-order valence-electron chi connectivity index (χ1n) is 8.59. The Labute approximate surface area is 154 Å². The van der Waals surface area contributed by atoms with Gasteiger partial charge >= 0.3 is 0 Å². The number of hydrogen-bond donors (Lipinski definition) is 1. The van der Waals surface area contributed by atoms with E-state index < -0.39 is 10.0 Å². The van der Waals surface area contributed by atoms with E-state index in [-0.39, 0.29) is 29.8 Å². The highest BCUT2D eigenvalue weighted by molar-refractivity contribution is 7.89. The SMILES string of the molecule is CCN(CC)C(=O)CN(C)CC(=O)N1CCc2cc(S(N)(=O)=O)ccc21. The number of carbonyl (C=O) groups excluding carboxylic acids is 2. The largest absolute Gasteiger partial charge is 0.342 e. The number of likely N-dealkylation sites (N-methyl/N-ethyl adjacent to an activating group) is 2. The van der Waals surface area contributed by atoms with Gasteiger partial charge < -0.3 is 9.80 Å². The highest BCUT2D eigenvalue weighted by Gasteiger charge is 2.27. The normalized spacial score (nSPS) is 13.8. The molecule has 8 nitrogen and oxygen atoms in total. The van der Waals surface area contributed by atoms with Crippen LogP contribution in [0.2, 0.25) is 0 Å². The second kappa shape index (κ2) is 8.15. The number of benzene rings is 1. The molecular weight excluding hydrogens is 356 g/mol. The number of sulfonamides is 1. The Hall–Kier alpha value is -1.97. The van der Waals surface area contributed by atoms with Crippen molar-refractivity contribution in [2.45, 2.75) is 25.2 Å². The van der Waals surface area contributed by atoms with E-state index >= 15 is 0 Å². The minimum absolute atomic E-state index is 0.00934. The highest BCUT2D eigenvalue weighted by Crippen LogP contribution is 2.30. The van der Waals surface area contributed by atoms with Gasteiger partial charge in [0.05, 0.1) is 18.0 Å². The molecule has 0 saturated carbocycles. The van der Waals surface area contributed by atoms with Crippen molar-refractivity contribution in [2.75, 3.05) is 44.7 Å². The van der Waals surface area contributed by atoms with Gasteiger partial charge in [-0.1, -0.05) is 0 Å². The maximum absolute atomic E-state index is 12.6. The second-order valence-corrected chi connectivity index (χ2v) is 7.93. The molecule has 1 heterocycles. The van der Waals surface area contributed by atoms with Crippen molar-refractivity contribution in [2.24, 2.45) is 5.14 Å². The lowest BCUT2D eigenvalue weighted by Crippen LogP contribution is -2.43. The number of amides is 2. The molecule has 2 rings (SSSR count). The van der Waals surface area contributed by atoms with Crippen molar-refractivity contribution in [3.05, 3.63) is 23.8 Å². The van der Waals surface area contributed by atoms with Gasteiger partial charge in [0.1, 0.15) is 0 Å². The molecule has 1 aromatic rings. The van der Waals surface area contributed by atoms with Crippen LogP contribution < -0.4 is 10.0 Å². The average Bonchev–Trinajstić information content (AvgIpc) is 2.98. The van der Waals surface area contributed by atoms with Crippen molar-refractivity contribution in [1.29, 1.82) is 0 Å². The summed E-state index contributed by atoms with van der Waals surface area (Å²) in [5.74, 6) is -0.133. The van der Waals surface area contributed by atoms with Gasteiger partial charge in [-0.15, -0.1) is 0 Å². The van der Waals surface area contributed by atoms with E-state index in [2.05, 4.69) is 0 Å². The van der Waals surface area contributed by atoms with E-state index in [9.17, 15) is 18.0 Å². The third-order valence-electron chi connectivity index (χ3n) is 4.50. The van der Waals surface area contributed by atoms with Gasteiger partial charge in [0.25, 0.3) is 0 Å². The summed E-state index contributed by atoms with van der Waals surface area (Å²) in [7, 11) is -2.03. The first-order chi connectivity index (χ1) is 12.2. The van der Waals surface area contributed by atoms with Crippen molar-refractivity contribution in [3.63, 3.8) is 0 Å². The third-order valence-corrected chi connectivity index (χ3v) is 5.41. The number of hydrogen-bond acceptors (Lipinski definition) is 5. The second-order valence-electron chi connectivity index (χ2n) is 6.37. The molecule has 0 unspecified atom stereocenters. The zero-order valence-electron chi connectivity index (χ0n) is 15.4. The molecule has 0 saturated heterocycles. The van der Waals surface area contributed by atoms with E-state index in [1.54, 1.807) is 27.8 Å². The quantitative estimate of drug-likeness (QED) is 0.716. The summed E-state index contributed by atoms with van der Waals surface area (Å²) in [6.07, 6.45) is 0.576. The first kappa shape index (κ1) is 20.3. The molecule has 0 radical (unpaired) electrons. The summed E-state index contributed by atoms with van der Waals surface area (Å²) in [6.45, 7) is 5.90. The third kappa shape index (κ3) is 4.60. The molecule has 2 amide bonds. The molecule has 1 aliphatic heterocycles. The number of primary sulfonamides is 1. The Bertz CT molecular complexity index is 790. The van der Waals surface area contributed by atoms with Crippen molar-refractivity contribution in [3.8, 4) is 0 Å². The Morgan fingerprint density at radius 1 is 1.19 bits per heavy atom. The van der Waals surface area contributed by atoms with Gasteiger partial charge in [-0.05, 0) is 51.1 Å². The van der Waals surface area contributed by atoms with Crippen LogP contribution in [0.15, 0.2) is 23.1 Å². The summed E-state index contributed by atoms with van der Waals surface area (Å²) in [5, 5.41) is 5.15. The fourth-order valence-electron chi connectivity index (χ4n) is 3.09. The minimum Gasteiger partial charge on any atom is -0.342 e. The molecule has 9 heteroatoms. The molecule has 0 fully saturated rings. The maximum atomic E-state index is 12.6. The van der Waals surface area contributed by atoms with Crippen LogP contribution in [-0.4, -0.2) is 69.8 Å². The van der Waals surface area contributed by atoms with Gasteiger partial charge in [0.2, 0.25) is 21.8 Å². The molecule has 144 valence electrons. The number of nitrogens with zero attached hydrogens (tertiary/aromatic N) is 3. The predicted octanol–water partition coefficient (Wildman–Crippen LogP) is 0.0233. The zero-order chi connectivity index (χ0) is 19.5. The number of carbonyl (C=O) groups is 2. The molecule has 0 atom stereocenters. The minimum atomic E-state index is -3.76. The van der Waals surface area contributed by atoms with Gasteiger partial charge in [0.15, 0.2) is 0 Å². The predicted molar refractivity (Wildman–Crippen MR) is 99.3 cm³/mol. The zero-order valence-corrected chi connectivity index (χ0v) is 16.3. The van der Waals surface area contributed by atoms with Crippen LogP contribution in [0.25, 0.3) is 0 Å². The van der Waals surface area contributed by atoms with E-state index in [0.29, 0.717) is 31.7 Å². The number of rotatable bonds is 7. The van der Waals surface area contributed by atoms with Crippen LogP contribution in [0.1, 0.15) is 19.4 Å². The fraction of sp³-hybridized carbons (Fsp3) is 0.529. The summed E-state index contributed by atoms with van der Waals surface area (Å²) in [4.78, 5) is 29.8. The average molecular weight is 382 g/mol. The maximum Gasteiger partial charge on any atom is 0.241 e. The summed E-state index contributed by atoms with van der Waals surface area (Å²) >= 11 is 0. The monoisotopic (exact) mass is 382 g/mol. The van der Waals surface area contributed by atoms with Crippen LogP contribution in [0.5, 0.6) is 0 Å². The first-order valence-corrected chi connectivity index (χ1v) is 10.1. The van der Waals surface area contributed by atoms with E-state index in [4.69, 9.17) is 5.14 Å². The van der Waals surface area contributed by atoms with Crippen molar-refractivity contribution in [1.82, 2.24) is 9.80 Å². The molecule has 1 aromatic carbocycles. The highest BCUT2D eigenvalue weighted by atomic mass is 32.2. The smallest absolute Gasteiger partial charge is 0.241 e. The lowest BCUT2D eigenvalue weighted by Gasteiger charge is -2.25. The van der Waals surface area contributed by atoms with Crippen molar-refractivity contribution < 1.29 is 18.0 Å². The Kier molecular flexibility index (Phi) is 6.38. The number of nitrogens with two attached hydrogens (primary N) is 1. The van der Waals surface area contributed by atoms with Crippen LogP contribution in [-0.2, 0) is 26.0 Å². The van der Waals surface area contributed by atoms with Crippen LogP contribution in [0.3, 0.4) is 0 Å². The molecular formula is C17H26N4O4S. The number of anilines is 1. The van der Waals surface area contributed by atoms with E-state index in [1.807, 2.05) is 13.8 Å². The van der Waals surface area contributed by atoms with Crippen LogP contribution >= 0.6 is 0 Å². The van der Waals surface area contributed by atoms with Crippen LogP contribution in [0, 0.1) is 0 Å². The molecule has 1 aliphatic rings. The molecule has 2 N–H and O–H groups in total. The van der Waals surface area contributed by atoms with E-state index in [1.165, 1.54) is 12.1 Å². The van der Waals surface area contributed by atoms with Gasteiger partial charge in [0, 0.05) is 25.3 Å². The summed E-state index contributed by atoms with van der Waals surface area (Å²) in [6, 6.07) is 4.54. The molecule has 0 aromatic heterocycles. The molecule has 26 heavy (non-hydrogen) atoms. The Morgan fingerprint density at radius 2 is 1.85 bits per heavy atom. The lowest BCUT2D eigenvalue weighted by molar-refractivity contribution is -0.132. The van der Waals surface area contributed by atoms with Crippen molar-refractivity contribution >= 4 is 27.5 Å². The van der Waals surface area contributed by atoms with E-state index in [0.717, 1.165) is 5.56 Å². The summed E-state index contributed by atoms with van der Waals surface area (Å²) < 4.78 is 22.9. The molecule has 0 spiro atoms. The van der Waals surface area contributed by atoms with Crippen LogP contribution in [0.4, 0.5) is 5.69 Å². The van der Waals surface area contributed by atoms with Gasteiger partial charge in [-0.25, -0.2) is 13.6 Å². The summed E-state index contributed by atoms with van der Waals surface area (Å²) in [5.41, 5.74) is 1.48. The topological polar surface area (TPSA) is 104 Å². The molecule has 0 aliphatic carbocycles. The van der Waals surface area contributed by atoms with Gasteiger partial charge in [-0.2, -0.15) is 0 Å². The standard InChI is InChI=1S/C17H26N4O4S/c1-4-20(5-2)16(22)11-19(3)12-17(23)21-9-8-13-10-14(26(18,24)25)6-7-15(13)21/h6-7,10H,4-5,8-9,11-12H2,1-3H3,(H2,18,24,25). The molecule has 0 bridgehead atoms. The lowest BCUT2D eigenvalue weighted by atomic mass is 10.2. The van der Waals surface area contributed by atoms with Gasteiger partial charge in [-0.3, -0.25) is 14.5 Å². The Morgan fingerprint density at radius 3 is 2.42 bits per heavy atom.